The molecule has 0 saturated heterocycles. The Morgan fingerprint density at radius 1 is 1.69 bits per heavy atom. The Kier molecular flexibility index (Phi) is 3.92. The highest BCUT2D eigenvalue weighted by molar-refractivity contribution is 6.28. The van der Waals surface area contributed by atoms with Crippen LogP contribution in [-0.2, 0) is 0 Å². The van der Waals surface area contributed by atoms with Crippen molar-refractivity contribution in [3.8, 4) is 0 Å². The van der Waals surface area contributed by atoms with E-state index in [1.165, 1.54) is 0 Å². The number of rotatable bonds is 4. The van der Waals surface area contributed by atoms with Crippen molar-refractivity contribution in [2.45, 2.75) is 19.4 Å². The van der Waals surface area contributed by atoms with Gasteiger partial charge in [0.25, 0.3) is 0 Å². The Morgan fingerprint density at radius 3 is 3.08 bits per heavy atom. The first kappa shape index (κ1) is 10.2. The summed E-state index contributed by atoms with van der Waals surface area (Å²) in [5, 5.41) is 12.2. The molecule has 13 heavy (non-hydrogen) atoms. The topological polar surface area (TPSA) is 58.0 Å². The van der Waals surface area contributed by atoms with Crippen LogP contribution in [0.3, 0.4) is 0 Å². The van der Waals surface area contributed by atoms with Gasteiger partial charge in [0, 0.05) is 12.7 Å². The van der Waals surface area contributed by atoms with Crippen LogP contribution >= 0.6 is 11.6 Å². The van der Waals surface area contributed by atoms with Crippen LogP contribution < -0.4 is 5.32 Å². The maximum atomic E-state index is 8.99. The molecule has 0 bridgehead atoms. The van der Waals surface area contributed by atoms with Gasteiger partial charge in [0.1, 0.15) is 5.82 Å². The fourth-order valence-electron chi connectivity index (χ4n) is 0.842. The van der Waals surface area contributed by atoms with Crippen LogP contribution in [0.1, 0.15) is 13.3 Å². The van der Waals surface area contributed by atoms with Crippen LogP contribution in [0.2, 0.25) is 5.28 Å². The van der Waals surface area contributed by atoms with E-state index in [0.717, 1.165) is 0 Å². The lowest BCUT2D eigenvalue weighted by molar-refractivity contribution is 0.188. The summed E-state index contributed by atoms with van der Waals surface area (Å²) < 4.78 is 0. The van der Waals surface area contributed by atoms with E-state index in [4.69, 9.17) is 16.7 Å². The number of hydrogen-bond acceptors (Lipinski definition) is 4. The number of nitrogens with zero attached hydrogens (tertiary/aromatic N) is 2. The Hall–Kier alpha value is -0.870. The normalized spacial score (nSPS) is 12.5. The lowest BCUT2D eigenvalue weighted by atomic mass is 10.3. The molecule has 72 valence electrons. The SMILES string of the molecule is C[C@H](O)CCNc1ccnc(Cl)n1. The predicted molar refractivity (Wildman–Crippen MR) is 51.8 cm³/mol. The molecule has 0 saturated carbocycles. The van der Waals surface area contributed by atoms with Crippen molar-refractivity contribution in [3.05, 3.63) is 17.5 Å². The fourth-order valence-corrected chi connectivity index (χ4v) is 0.990. The molecule has 1 heterocycles. The van der Waals surface area contributed by atoms with Gasteiger partial charge in [-0.3, -0.25) is 0 Å². The Balaban J connectivity index is 2.37. The van der Waals surface area contributed by atoms with Crippen LogP contribution in [0.25, 0.3) is 0 Å². The van der Waals surface area contributed by atoms with Gasteiger partial charge in [-0.25, -0.2) is 9.97 Å². The molecule has 0 aliphatic carbocycles. The van der Waals surface area contributed by atoms with Crippen LogP contribution in [0.4, 0.5) is 5.82 Å². The molecule has 0 fully saturated rings. The first-order valence-electron chi connectivity index (χ1n) is 4.09. The van der Waals surface area contributed by atoms with E-state index in [1.54, 1.807) is 19.2 Å². The number of hydrogen-bond donors (Lipinski definition) is 2. The lowest BCUT2D eigenvalue weighted by Crippen LogP contribution is -2.10. The van der Waals surface area contributed by atoms with E-state index in [1.807, 2.05) is 0 Å². The molecular weight excluding hydrogens is 190 g/mol. The molecule has 4 nitrogen and oxygen atoms in total. The fraction of sp³-hybridized carbons (Fsp3) is 0.500. The molecular formula is C8H12ClN3O. The predicted octanol–water partition coefficient (Wildman–Crippen LogP) is 1.31. The average molecular weight is 202 g/mol. The van der Waals surface area contributed by atoms with Crippen LogP contribution in [0.5, 0.6) is 0 Å². The Morgan fingerprint density at radius 2 is 2.46 bits per heavy atom. The number of halogens is 1. The van der Waals surface area contributed by atoms with Crippen LogP contribution in [0.15, 0.2) is 12.3 Å². The molecule has 0 spiro atoms. The second-order valence-corrected chi connectivity index (χ2v) is 3.11. The van der Waals surface area contributed by atoms with Gasteiger partial charge in [-0.05, 0) is 31.0 Å². The molecule has 1 atom stereocenters. The number of aliphatic hydroxyl groups is 1. The van der Waals surface area contributed by atoms with Gasteiger partial charge in [-0.1, -0.05) is 0 Å². The summed E-state index contributed by atoms with van der Waals surface area (Å²) >= 11 is 5.57. The van der Waals surface area contributed by atoms with Crippen molar-refractivity contribution in [2.75, 3.05) is 11.9 Å². The molecule has 0 aromatic carbocycles. The van der Waals surface area contributed by atoms with Crippen LogP contribution in [0, 0.1) is 0 Å². The molecule has 1 aromatic heterocycles. The summed E-state index contributed by atoms with van der Waals surface area (Å²) in [6, 6.07) is 1.73. The summed E-state index contributed by atoms with van der Waals surface area (Å²) in [5.41, 5.74) is 0. The van der Waals surface area contributed by atoms with Gasteiger partial charge in [0.05, 0.1) is 6.10 Å². The third-order valence-electron chi connectivity index (χ3n) is 1.49. The molecule has 0 aliphatic heterocycles. The van der Waals surface area contributed by atoms with Crippen molar-refractivity contribution in [3.63, 3.8) is 0 Å². The highest BCUT2D eigenvalue weighted by Crippen LogP contribution is 2.05. The molecule has 0 amide bonds. The zero-order chi connectivity index (χ0) is 9.68. The molecule has 5 heteroatoms. The molecule has 0 radical (unpaired) electrons. The standard InChI is InChI=1S/C8H12ClN3O/c1-6(13)2-4-10-7-3-5-11-8(9)12-7/h3,5-6,13H,2,4H2,1H3,(H,10,11,12)/t6-/m0/s1. The number of aromatic nitrogens is 2. The first-order valence-corrected chi connectivity index (χ1v) is 4.47. The maximum Gasteiger partial charge on any atom is 0.224 e. The summed E-state index contributed by atoms with van der Waals surface area (Å²) in [4.78, 5) is 7.68. The number of aliphatic hydroxyl groups excluding tert-OH is 1. The van der Waals surface area contributed by atoms with E-state index in [-0.39, 0.29) is 11.4 Å². The molecule has 0 aliphatic rings. The van der Waals surface area contributed by atoms with Crippen molar-refractivity contribution in [1.29, 1.82) is 0 Å². The largest absolute Gasteiger partial charge is 0.393 e. The molecule has 0 unspecified atom stereocenters. The minimum atomic E-state index is -0.301. The Labute approximate surface area is 82.0 Å². The van der Waals surface area contributed by atoms with E-state index < -0.39 is 0 Å². The second kappa shape index (κ2) is 4.99. The van der Waals surface area contributed by atoms with Gasteiger partial charge in [0.15, 0.2) is 0 Å². The second-order valence-electron chi connectivity index (χ2n) is 2.78. The van der Waals surface area contributed by atoms with Crippen molar-refractivity contribution >= 4 is 17.4 Å². The average Bonchev–Trinajstić information content (AvgIpc) is 2.03. The molecule has 1 aromatic rings. The van der Waals surface area contributed by atoms with E-state index in [9.17, 15) is 0 Å². The highest BCUT2D eigenvalue weighted by atomic mass is 35.5. The summed E-state index contributed by atoms with van der Waals surface area (Å²) in [7, 11) is 0. The van der Waals surface area contributed by atoms with Gasteiger partial charge in [0.2, 0.25) is 5.28 Å². The highest BCUT2D eigenvalue weighted by Gasteiger charge is 1.97. The third-order valence-corrected chi connectivity index (χ3v) is 1.68. The lowest BCUT2D eigenvalue weighted by Gasteiger charge is -2.06. The molecule has 2 N–H and O–H groups in total. The summed E-state index contributed by atoms with van der Waals surface area (Å²) in [6.07, 6.45) is 1.96. The Bertz CT molecular complexity index is 267. The van der Waals surface area contributed by atoms with E-state index in [0.29, 0.717) is 18.8 Å². The minimum absolute atomic E-state index is 0.224. The zero-order valence-electron chi connectivity index (χ0n) is 7.37. The van der Waals surface area contributed by atoms with Gasteiger partial charge in [-0.2, -0.15) is 0 Å². The summed E-state index contributed by atoms with van der Waals surface area (Å²) in [6.45, 7) is 2.42. The van der Waals surface area contributed by atoms with Crippen molar-refractivity contribution in [2.24, 2.45) is 0 Å². The maximum absolute atomic E-state index is 8.99. The van der Waals surface area contributed by atoms with Crippen molar-refractivity contribution in [1.82, 2.24) is 9.97 Å². The van der Waals surface area contributed by atoms with Gasteiger partial charge < -0.3 is 10.4 Å². The van der Waals surface area contributed by atoms with Crippen LogP contribution in [-0.4, -0.2) is 27.7 Å². The zero-order valence-corrected chi connectivity index (χ0v) is 8.12. The third kappa shape index (κ3) is 4.05. The summed E-state index contributed by atoms with van der Waals surface area (Å²) in [5.74, 6) is 0.681. The van der Waals surface area contributed by atoms with Crippen molar-refractivity contribution < 1.29 is 5.11 Å². The quantitative estimate of drug-likeness (QED) is 0.722. The number of anilines is 1. The monoisotopic (exact) mass is 201 g/mol. The number of nitrogens with one attached hydrogen (secondary N) is 1. The minimum Gasteiger partial charge on any atom is -0.393 e. The first-order chi connectivity index (χ1) is 6.18. The molecule has 1 rings (SSSR count). The smallest absolute Gasteiger partial charge is 0.224 e. The van der Waals surface area contributed by atoms with E-state index in [2.05, 4.69) is 15.3 Å². The van der Waals surface area contributed by atoms with Gasteiger partial charge >= 0.3 is 0 Å². The van der Waals surface area contributed by atoms with Gasteiger partial charge in [-0.15, -0.1) is 0 Å². The van der Waals surface area contributed by atoms with E-state index >= 15 is 0 Å².